The standard InChI is InChI=1S/C19H23N5O2S2/c1-3-26-16-7-5-4-6-15(16)23-10-8-22(9-11-23)13-14-12-17(25)24-18(20-14)28-19(21-24)27-2/h4-7,12H,3,8-11,13H2,1-2H3. The Morgan fingerprint density at radius 2 is 2.00 bits per heavy atom. The molecule has 1 aromatic carbocycles. The molecule has 2 aromatic heterocycles. The minimum absolute atomic E-state index is 0.110. The lowest BCUT2D eigenvalue weighted by molar-refractivity contribution is 0.246. The molecule has 28 heavy (non-hydrogen) atoms. The summed E-state index contributed by atoms with van der Waals surface area (Å²) in [7, 11) is 0. The predicted octanol–water partition coefficient (Wildman–Crippen LogP) is 2.59. The molecule has 4 rings (SSSR count). The Labute approximate surface area is 171 Å². The zero-order valence-corrected chi connectivity index (χ0v) is 17.6. The number of ether oxygens (including phenoxy) is 1. The van der Waals surface area contributed by atoms with Crippen molar-refractivity contribution in [3.63, 3.8) is 0 Å². The number of aromatic nitrogens is 3. The minimum Gasteiger partial charge on any atom is -0.492 e. The summed E-state index contributed by atoms with van der Waals surface area (Å²) in [6.45, 7) is 7.02. The van der Waals surface area contributed by atoms with Crippen LogP contribution in [0.15, 0.2) is 39.5 Å². The highest BCUT2D eigenvalue weighted by Crippen LogP contribution is 2.29. The largest absolute Gasteiger partial charge is 0.492 e. The van der Waals surface area contributed by atoms with E-state index in [2.05, 4.69) is 32.0 Å². The van der Waals surface area contributed by atoms with Crippen molar-refractivity contribution in [3.05, 3.63) is 46.4 Å². The normalized spacial score (nSPS) is 15.3. The Bertz CT molecular complexity index is 1010. The Balaban J connectivity index is 1.43. The van der Waals surface area contributed by atoms with Crippen molar-refractivity contribution < 1.29 is 4.74 Å². The summed E-state index contributed by atoms with van der Waals surface area (Å²) in [5, 5.41) is 4.28. The van der Waals surface area contributed by atoms with E-state index in [1.165, 1.54) is 27.6 Å². The van der Waals surface area contributed by atoms with Crippen molar-refractivity contribution >= 4 is 33.7 Å². The highest BCUT2D eigenvalue weighted by molar-refractivity contribution is 8.00. The van der Waals surface area contributed by atoms with Gasteiger partial charge in [-0.2, -0.15) is 4.52 Å². The van der Waals surface area contributed by atoms with Crippen LogP contribution in [0.2, 0.25) is 0 Å². The monoisotopic (exact) mass is 417 g/mol. The fourth-order valence-electron chi connectivity index (χ4n) is 3.37. The van der Waals surface area contributed by atoms with E-state index < -0.39 is 0 Å². The highest BCUT2D eigenvalue weighted by Gasteiger charge is 2.20. The molecule has 7 nitrogen and oxygen atoms in total. The van der Waals surface area contributed by atoms with Gasteiger partial charge in [0, 0.05) is 38.8 Å². The summed E-state index contributed by atoms with van der Waals surface area (Å²) in [5.74, 6) is 0.938. The van der Waals surface area contributed by atoms with Gasteiger partial charge in [-0.15, -0.1) is 5.10 Å². The van der Waals surface area contributed by atoms with Gasteiger partial charge in [-0.1, -0.05) is 35.2 Å². The fraction of sp³-hybridized carbons (Fsp3) is 0.421. The van der Waals surface area contributed by atoms with Crippen molar-refractivity contribution in [3.8, 4) is 5.75 Å². The van der Waals surface area contributed by atoms with E-state index in [1.807, 2.05) is 25.3 Å². The van der Waals surface area contributed by atoms with Gasteiger partial charge in [0.05, 0.1) is 18.0 Å². The average molecular weight is 418 g/mol. The predicted molar refractivity (Wildman–Crippen MR) is 114 cm³/mol. The van der Waals surface area contributed by atoms with Crippen molar-refractivity contribution in [1.82, 2.24) is 19.5 Å². The zero-order valence-electron chi connectivity index (χ0n) is 16.0. The number of hydrogen-bond acceptors (Lipinski definition) is 8. The molecule has 0 bridgehead atoms. The first-order chi connectivity index (χ1) is 13.7. The number of rotatable bonds is 6. The third kappa shape index (κ3) is 4.01. The van der Waals surface area contributed by atoms with E-state index in [-0.39, 0.29) is 5.56 Å². The molecule has 1 aliphatic rings. The van der Waals surface area contributed by atoms with E-state index >= 15 is 0 Å². The number of hydrogen-bond donors (Lipinski definition) is 0. The number of nitrogens with zero attached hydrogens (tertiary/aromatic N) is 5. The molecule has 0 spiro atoms. The van der Waals surface area contributed by atoms with Crippen LogP contribution in [0.25, 0.3) is 4.96 Å². The van der Waals surface area contributed by atoms with Gasteiger partial charge in [-0.25, -0.2) is 4.98 Å². The number of anilines is 1. The van der Waals surface area contributed by atoms with Gasteiger partial charge in [-0.05, 0) is 25.3 Å². The maximum Gasteiger partial charge on any atom is 0.275 e. The van der Waals surface area contributed by atoms with E-state index in [0.29, 0.717) is 18.1 Å². The Morgan fingerprint density at radius 1 is 1.21 bits per heavy atom. The van der Waals surface area contributed by atoms with Crippen LogP contribution in [0.4, 0.5) is 5.69 Å². The van der Waals surface area contributed by atoms with Gasteiger partial charge in [0.25, 0.3) is 5.56 Å². The molecule has 0 atom stereocenters. The second kappa shape index (κ2) is 8.50. The van der Waals surface area contributed by atoms with E-state index in [9.17, 15) is 4.79 Å². The summed E-state index contributed by atoms with van der Waals surface area (Å²) in [5.41, 5.74) is 1.85. The highest BCUT2D eigenvalue weighted by atomic mass is 32.2. The second-order valence-corrected chi connectivity index (χ2v) is 8.53. The van der Waals surface area contributed by atoms with Crippen LogP contribution >= 0.6 is 23.1 Å². The summed E-state index contributed by atoms with van der Waals surface area (Å²) in [6, 6.07) is 9.80. The fourth-order valence-corrected chi connectivity index (χ4v) is 4.75. The number of thioether (sulfide) groups is 1. The van der Waals surface area contributed by atoms with Crippen molar-refractivity contribution in [2.45, 2.75) is 17.8 Å². The summed E-state index contributed by atoms with van der Waals surface area (Å²) >= 11 is 2.98. The van der Waals surface area contributed by atoms with E-state index in [1.54, 1.807) is 6.07 Å². The molecule has 0 radical (unpaired) electrons. The molecule has 1 saturated heterocycles. The van der Waals surface area contributed by atoms with Crippen LogP contribution in [0.3, 0.4) is 0 Å². The second-order valence-electron chi connectivity index (χ2n) is 6.52. The molecule has 1 fully saturated rings. The number of fused-ring (bicyclic) bond motifs is 1. The third-order valence-electron chi connectivity index (χ3n) is 4.72. The van der Waals surface area contributed by atoms with Crippen LogP contribution < -0.4 is 15.2 Å². The van der Waals surface area contributed by atoms with E-state index in [4.69, 9.17) is 4.74 Å². The lowest BCUT2D eigenvalue weighted by Crippen LogP contribution is -2.46. The maximum atomic E-state index is 12.3. The average Bonchev–Trinajstić information content (AvgIpc) is 3.13. The molecule has 0 saturated carbocycles. The van der Waals surface area contributed by atoms with Crippen LogP contribution in [0, 0.1) is 0 Å². The third-order valence-corrected chi connectivity index (χ3v) is 6.60. The molecule has 3 heterocycles. The SMILES string of the molecule is CCOc1ccccc1N1CCN(Cc2cc(=O)n3nc(SC)sc3n2)CC1. The van der Waals surface area contributed by atoms with Crippen molar-refractivity contribution in [1.29, 1.82) is 0 Å². The summed E-state index contributed by atoms with van der Waals surface area (Å²) in [4.78, 5) is 22.3. The summed E-state index contributed by atoms with van der Waals surface area (Å²) in [6.07, 6.45) is 1.95. The molecule has 148 valence electrons. The molecular weight excluding hydrogens is 394 g/mol. The minimum atomic E-state index is -0.110. The number of piperazine rings is 1. The van der Waals surface area contributed by atoms with E-state index in [0.717, 1.165) is 47.6 Å². The summed E-state index contributed by atoms with van der Waals surface area (Å²) < 4.78 is 8.01. The molecule has 0 unspecified atom stereocenters. The topological polar surface area (TPSA) is 63.0 Å². The quantitative estimate of drug-likeness (QED) is 0.571. The van der Waals surface area contributed by atoms with Crippen LogP contribution in [0.1, 0.15) is 12.6 Å². The van der Waals surface area contributed by atoms with Crippen molar-refractivity contribution in [2.75, 3.05) is 43.9 Å². The van der Waals surface area contributed by atoms with Gasteiger partial charge in [0.15, 0.2) is 4.34 Å². The Kier molecular flexibility index (Phi) is 5.84. The van der Waals surface area contributed by atoms with Crippen LogP contribution in [-0.2, 0) is 6.54 Å². The van der Waals surface area contributed by atoms with Crippen LogP contribution in [0.5, 0.6) is 5.75 Å². The molecule has 3 aromatic rings. The maximum absolute atomic E-state index is 12.3. The molecule has 0 amide bonds. The molecule has 1 aliphatic heterocycles. The molecule has 0 aliphatic carbocycles. The molecule has 9 heteroatoms. The first-order valence-electron chi connectivity index (χ1n) is 9.31. The van der Waals surface area contributed by atoms with Gasteiger partial charge in [0.1, 0.15) is 5.75 Å². The first-order valence-corrected chi connectivity index (χ1v) is 11.3. The first kappa shape index (κ1) is 19.2. The van der Waals surface area contributed by atoms with Crippen LogP contribution in [-0.4, -0.2) is 58.5 Å². The van der Waals surface area contributed by atoms with Crippen molar-refractivity contribution in [2.24, 2.45) is 0 Å². The lowest BCUT2D eigenvalue weighted by atomic mass is 10.2. The molecular formula is C19H23N5O2S2. The Morgan fingerprint density at radius 3 is 2.75 bits per heavy atom. The Hall–Kier alpha value is -2.10. The molecule has 0 N–H and O–H groups in total. The zero-order chi connectivity index (χ0) is 19.5. The number of benzene rings is 1. The van der Waals surface area contributed by atoms with Gasteiger partial charge in [-0.3, -0.25) is 9.69 Å². The smallest absolute Gasteiger partial charge is 0.275 e. The van der Waals surface area contributed by atoms with Gasteiger partial charge < -0.3 is 9.64 Å². The lowest BCUT2D eigenvalue weighted by Gasteiger charge is -2.36. The van der Waals surface area contributed by atoms with Gasteiger partial charge >= 0.3 is 0 Å². The van der Waals surface area contributed by atoms with Gasteiger partial charge in [0.2, 0.25) is 4.96 Å². The number of para-hydroxylation sites is 2.